The highest BCUT2D eigenvalue weighted by Crippen LogP contribution is 2.53. The van der Waals surface area contributed by atoms with E-state index in [2.05, 4.69) is 22.0 Å². The van der Waals surface area contributed by atoms with Gasteiger partial charge >= 0.3 is 0 Å². The molecule has 0 bridgehead atoms. The van der Waals surface area contributed by atoms with E-state index in [1.54, 1.807) is 18.3 Å². The molecule has 1 spiro atoms. The second-order valence-corrected chi connectivity index (χ2v) is 7.68. The Bertz CT molecular complexity index is 713. The molecule has 0 unspecified atom stereocenters. The first-order valence-corrected chi connectivity index (χ1v) is 9.10. The van der Waals surface area contributed by atoms with Gasteiger partial charge in [0.1, 0.15) is 5.01 Å². The summed E-state index contributed by atoms with van der Waals surface area (Å²) < 4.78 is 0. The third-order valence-corrected chi connectivity index (χ3v) is 6.06. The van der Waals surface area contributed by atoms with Gasteiger partial charge in [0.05, 0.1) is 24.7 Å². The Kier molecular flexibility index (Phi) is 3.90. The van der Waals surface area contributed by atoms with E-state index in [4.69, 9.17) is 0 Å². The Balaban J connectivity index is 1.58. The van der Waals surface area contributed by atoms with Crippen LogP contribution in [0.2, 0.25) is 0 Å². The van der Waals surface area contributed by atoms with Crippen LogP contribution in [-0.2, 0) is 11.3 Å². The maximum atomic E-state index is 12.2. The summed E-state index contributed by atoms with van der Waals surface area (Å²) in [7, 11) is 0. The highest BCUT2D eigenvalue weighted by molar-refractivity contribution is 7.09. The Morgan fingerprint density at radius 1 is 1.38 bits per heavy atom. The molecular formula is C18H21N3O2S. The van der Waals surface area contributed by atoms with E-state index in [-0.39, 0.29) is 30.0 Å². The SMILES string of the molecule is CC(=O)N1[C@@H](CO)[C@@H](c2ccccc2)C12CN(Cc1nccs1)C2. The van der Waals surface area contributed by atoms with Crippen LogP contribution in [0.1, 0.15) is 23.4 Å². The highest BCUT2D eigenvalue weighted by Gasteiger charge is 2.66. The summed E-state index contributed by atoms with van der Waals surface area (Å²) >= 11 is 1.66. The number of hydrogen-bond acceptors (Lipinski definition) is 5. The van der Waals surface area contributed by atoms with Gasteiger partial charge in [-0.15, -0.1) is 11.3 Å². The van der Waals surface area contributed by atoms with Crippen molar-refractivity contribution < 1.29 is 9.90 Å². The zero-order chi connectivity index (χ0) is 16.7. The van der Waals surface area contributed by atoms with E-state index >= 15 is 0 Å². The largest absolute Gasteiger partial charge is 0.394 e. The average Bonchev–Trinajstić information content (AvgIpc) is 3.02. The van der Waals surface area contributed by atoms with E-state index in [0.29, 0.717) is 0 Å². The number of aliphatic hydroxyl groups is 1. The predicted octanol–water partition coefficient (Wildman–Crippen LogP) is 1.70. The molecule has 126 valence electrons. The van der Waals surface area contributed by atoms with Crippen molar-refractivity contribution >= 4 is 17.2 Å². The number of rotatable bonds is 4. The molecule has 2 aliphatic heterocycles. The Labute approximate surface area is 145 Å². The van der Waals surface area contributed by atoms with Crippen molar-refractivity contribution in [3.8, 4) is 0 Å². The summed E-state index contributed by atoms with van der Waals surface area (Å²) in [5, 5.41) is 12.9. The fraction of sp³-hybridized carbons (Fsp3) is 0.444. The van der Waals surface area contributed by atoms with Gasteiger partial charge in [0.15, 0.2) is 0 Å². The molecule has 3 heterocycles. The van der Waals surface area contributed by atoms with Crippen molar-refractivity contribution in [1.82, 2.24) is 14.8 Å². The third-order valence-electron chi connectivity index (χ3n) is 5.30. The van der Waals surface area contributed by atoms with Crippen LogP contribution < -0.4 is 0 Å². The lowest BCUT2D eigenvalue weighted by Gasteiger charge is -2.70. The minimum absolute atomic E-state index is 0.00731. The number of carbonyl (C=O) groups is 1. The smallest absolute Gasteiger partial charge is 0.220 e. The summed E-state index contributed by atoms with van der Waals surface area (Å²) in [4.78, 5) is 20.8. The summed E-state index contributed by atoms with van der Waals surface area (Å²) in [5.74, 6) is 0.246. The molecule has 1 aromatic heterocycles. The number of aromatic nitrogens is 1. The Hall–Kier alpha value is -1.76. The number of aliphatic hydroxyl groups excluding tert-OH is 1. The highest BCUT2D eigenvalue weighted by atomic mass is 32.1. The molecule has 2 saturated heterocycles. The van der Waals surface area contributed by atoms with Gasteiger partial charge in [-0.1, -0.05) is 30.3 Å². The van der Waals surface area contributed by atoms with Gasteiger partial charge in [0, 0.05) is 37.5 Å². The van der Waals surface area contributed by atoms with E-state index < -0.39 is 0 Å². The molecule has 2 aromatic rings. The quantitative estimate of drug-likeness (QED) is 0.918. The third kappa shape index (κ3) is 2.29. The fourth-order valence-corrected chi connectivity index (χ4v) is 5.20. The van der Waals surface area contributed by atoms with E-state index in [1.165, 1.54) is 5.56 Å². The van der Waals surface area contributed by atoms with Gasteiger partial charge in [-0.2, -0.15) is 0 Å². The van der Waals surface area contributed by atoms with Crippen molar-refractivity contribution in [1.29, 1.82) is 0 Å². The topological polar surface area (TPSA) is 56.7 Å². The number of amides is 1. The second-order valence-electron chi connectivity index (χ2n) is 6.70. The number of nitrogens with zero attached hydrogens (tertiary/aromatic N) is 3. The fourth-order valence-electron chi connectivity index (χ4n) is 4.54. The first kappa shape index (κ1) is 15.7. The van der Waals surface area contributed by atoms with Crippen LogP contribution in [0.5, 0.6) is 0 Å². The summed E-state index contributed by atoms with van der Waals surface area (Å²) in [6.07, 6.45) is 1.83. The minimum atomic E-state index is -0.183. The molecule has 0 radical (unpaired) electrons. The monoisotopic (exact) mass is 343 g/mol. The molecule has 5 nitrogen and oxygen atoms in total. The number of benzene rings is 1. The minimum Gasteiger partial charge on any atom is -0.394 e. The van der Waals surface area contributed by atoms with Gasteiger partial charge in [-0.05, 0) is 5.56 Å². The molecule has 1 N–H and O–H groups in total. The molecule has 2 fully saturated rings. The summed E-state index contributed by atoms with van der Waals surface area (Å²) in [6, 6.07) is 10.2. The summed E-state index contributed by atoms with van der Waals surface area (Å²) in [5.41, 5.74) is 1.03. The van der Waals surface area contributed by atoms with Gasteiger partial charge in [0.25, 0.3) is 0 Å². The van der Waals surface area contributed by atoms with Crippen LogP contribution in [-0.4, -0.2) is 57.1 Å². The van der Waals surface area contributed by atoms with E-state index in [9.17, 15) is 9.90 Å². The zero-order valence-corrected chi connectivity index (χ0v) is 14.4. The standard InChI is InChI=1S/C18H21N3O2S/c1-13(23)21-15(10-22)17(14-5-3-2-4-6-14)18(21)11-20(12-18)9-16-19-7-8-24-16/h2-8,15,17,22H,9-12H2,1H3/t15-,17+/m0/s1. The Morgan fingerprint density at radius 2 is 2.12 bits per heavy atom. The van der Waals surface area contributed by atoms with Crippen molar-refractivity contribution in [3.05, 3.63) is 52.5 Å². The zero-order valence-electron chi connectivity index (χ0n) is 13.6. The maximum Gasteiger partial charge on any atom is 0.220 e. The molecule has 1 aromatic carbocycles. The normalized spacial score (nSPS) is 25.3. The predicted molar refractivity (Wildman–Crippen MR) is 92.7 cm³/mol. The molecule has 1 amide bonds. The van der Waals surface area contributed by atoms with Crippen LogP contribution >= 0.6 is 11.3 Å². The lowest BCUT2D eigenvalue weighted by Crippen LogP contribution is -2.85. The Morgan fingerprint density at radius 3 is 2.71 bits per heavy atom. The van der Waals surface area contributed by atoms with Crippen LogP contribution in [0, 0.1) is 0 Å². The molecule has 0 saturated carbocycles. The molecule has 2 aliphatic rings. The molecule has 0 aliphatic carbocycles. The van der Waals surface area contributed by atoms with Crippen LogP contribution in [0.3, 0.4) is 0 Å². The molecule has 4 rings (SSSR count). The number of hydrogen-bond donors (Lipinski definition) is 1. The lowest BCUT2D eigenvalue weighted by molar-refractivity contribution is -0.199. The first-order valence-electron chi connectivity index (χ1n) is 8.22. The summed E-state index contributed by atoms with van der Waals surface area (Å²) in [6.45, 7) is 4.11. The number of thiazole rings is 1. The average molecular weight is 343 g/mol. The molecular weight excluding hydrogens is 322 g/mol. The molecule has 24 heavy (non-hydrogen) atoms. The van der Waals surface area contributed by atoms with E-state index in [1.807, 2.05) is 34.7 Å². The maximum absolute atomic E-state index is 12.2. The lowest BCUT2D eigenvalue weighted by atomic mass is 9.60. The number of carbonyl (C=O) groups excluding carboxylic acids is 1. The van der Waals surface area contributed by atoms with E-state index in [0.717, 1.165) is 24.6 Å². The van der Waals surface area contributed by atoms with Gasteiger partial charge in [-0.25, -0.2) is 4.98 Å². The first-order chi connectivity index (χ1) is 11.7. The van der Waals surface area contributed by atoms with Crippen molar-refractivity contribution in [2.24, 2.45) is 0 Å². The second kappa shape index (κ2) is 5.95. The van der Waals surface area contributed by atoms with Gasteiger partial charge in [0.2, 0.25) is 5.91 Å². The molecule has 2 atom stereocenters. The molecule has 6 heteroatoms. The number of likely N-dealkylation sites (tertiary alicyclic amines) is 2. The van der Waals surface area contributed by atoms with Crippen molar-refractivity contribution in [3.63, 3.8) is 0 Å². The van der Waals surface area contributed by atoms with Gasteiger partial charge in [-0.3, -0.25) is 9.69 Å². The van der Waals surface area contributed by atoms with Gasteiger partial charge < -0.3 is 10.0 Å². The van der Waals surface area contributed by atoms with Crippen LogP contribution in [0.25, 0.3) is 0 Å². The van der Waals surface area contributed by atoms with Crippen molar-refractivity contribution in [2.45, 2.75) is 31.0 Å². The van der Waals surface area contributed by atoms with Crippen LogP contribution in [0.4, 0.5) is 0 Å². The van der Waals surface area contributed by atoms with Crippen LogP contribution in [0.15, 0.2) is 41.9 Å². The van der Waals surface area contributed by atoms with Crippen molar-refractivity contribution in [2.75, 3.05) is 19.7 Å².